The molecule has 1 fully saturated rings. The van der Waals surface area contributed by atoms with Crippen LogP contribution in [0.2, 0.25) is 5.02 Å². The molecule has 0 N–H and O–H groups in total. The van der Waals surface area contributed by atoms with Crippen molar-refractivity contribution in [3.05, 3.63) is 92.8 Å². The number of allylic oxidation sites excluding steroid dienone is 1. The molecule has 38 heavy (non-hydrogen) atoms. The maximum absolute atomic E-state index is 15.3. The molecular formula is C26H17ClF3N7O. The number of aliphatic imine (C=N–C) groups is 1. The minimum atomic E-state index is -0.771. The molecule has 0 bridgehead atoms. The lowest BCUT2D eigenvalue weighted by Crippen LogP contribution is -2.29. The molecule has 0 amide bonds. The van der Waals surface area contributed by atoms with Gasteiger partial charge in [-0.3, -0.25) is 4.79 Å². The number of hydrogen-bond acceptors (Lipinski definition) is 6. The van der Waals surface area contributed by atoms with Crippen LogP contribution in [0.25, 0.3) is 22.4 Å². The quantitative estimate of drug-likeness (QED) is 0.272. The van der Waals surface area contributed by atoms with Crippen LogP contribution in [0.3, 0.4) is 0 Å². The highest BCUT2D eigenvalue weighted by Gasteiger charge is 2.55. The van der Waals surface area contributed by atoms with Gasteiger partial charge in [-0.2, -0.15) is 13.5 Å². The minimum absolute atomic E-state index is 0.0407. The number of aryl methyl sites for hydroxylation is 1. The van der Waals surface area contributed by atoms with Gasteiger partial charge in [0.25, 0.3) is 5.56 Å². The Bertz CT molecular complexity index is 1780. The first-order chi connectivity index (χ1) is 18.3. The number of fused-ring (bicyclic) bond motifs is 3. The van der Waals surface area contributed by atoms with Gasteiger partial charge in [0.15, 0.2) is 5.82 Å². The van der Waals surface area contributed by atoms with Crippen molar-refractivity contribution in [3.63, 3.8) is 0 Å². The Hall–Kier alpha value is -4.12. The lowest BCUT2D eigenvalue weighted by molar-refractivity contribution is 0.573. The predicted molar refractivity (Wildman–Crippen MR) is 133 cm³/mol. The van der Waals surface area contributed by atoms with Gasteiger partial charge in [0.2, 0.25) is 11.9 Å². The molecule has 0 saturated heterocycles. The highest BCUT2D eigenvalue weighted by atomic mass is 35.5. The molecule has 2 aliphatic heterocycles. The molecule has 0 spiro atoms. The molecule has 1 saturated carbocycles. The van der Waals surface area contributed by atoms with Gasteiger partial charge in [-0.05, 0) is 65.6 Å². The van der Waals surface area contributed by atoms with E-state index in [1.54, 1.807) is 29.7 Å². The largest absolute Gasteiger partial charge is 0.303 e. The third-order valence-electron chi connectivity index (χ3n) is 7.46. The maximum atomic E-state index is 15.3. The fraction of sp³-hybridized carbons (Fsp3) is 0.231. The molecule has 3 aliphatic rings. The number of nitrogens with zero attached hydrogens (tertiary/aromatic N) is 7. The molecule has 8 nitrogen and oxygen atoms in total. The van der Waals surface area contributed by atoms with E-state index in [-0.39, 0.29) is 45.5 Å². The third-order valence-corrected chi connectivity index (χ3v) is 7.75. The molecule has 1 aromatic carbocycles. The number of hydrogen-bond donors (Lipinski definition) is 0. The fourth-order valence-corrected chi connectivity index (χ4v) is 5.87. The lowest BCUT2D eigenvalue weighted by Gasteiger charge is -2.20. The molecule has 1 aliphatic carbocycles. The van der Waals surface area contributed by atoms with E-state index in [4.69, 9.17) is 11.6 Å². The summed E-state index contributed by atoms with van der Waals surface area (Å²) in [6, 6.07) is 8.70. The number of tetrazole rings is 1. The van der Waals surface area contributed by atoms with Gasteiger partial charge in [0.1, 0.15) is 6.33 Å². The Morgan fingerprint density at radius 3 is 2.71 bits per heavy atom. The van der Waals surface area contributed by atoms with Crippen LogP contribution in [0, 0.1) is 24.6 Å². The topological polar surface area (TPSA) is 90.9 Å². The number of pyridine rings is 2. The Morgan fingerprint density at radius 2 is 1.95 bits per heavy atom. The van der Waals surface area contributed by atoms with E-state index in [2.05, 4.69) is 25.5 Å². The van der Waals surface area contributed by atoms with Crippen molar-refractivity contribution in [1.29, 1.82) is 0 Å². The summed E-state index contributed by atoms with van der Waals surface area (Å²) in [7, 11) is 0. The molecule has 3 unspecified atom stereocenters. The summed E-state index contributed by atoms with van der Waals surface area (Å²) in [4.78, 5) is 21.4. The van der Waals surface area contributed by atoms with Crippen LogP contribution in [0.15, 0.2) is 58.5 Å². The van der Waals surface area contributed by atoms with Gasteiger partial charge in [-0.15, -0.1) is 5.10 Å². The second kappa shape index (κ2) is 8.19. The summed E-state index contributed by atoms with van der Waals surface area (Å²) in [5.74, 6) is -2.14. The summed E-state index contributed by atoms with van der Waals surface area (Å²) in [6.45, 7) is 1.65. The number of halogens is 4. The van der Waals surface area contributed by atoms with E-state index in [0.29, 0.717) is 28.4 Å². The van der Waals surface area contributed by atoms with Gasteiger partial charge in [-0.25, -0.2) is 14.4 Å². The average Bonchev–Trinajstić information content (AvgIpc) is 3.18. The summed E-state index contributed by atoms with van der Waals surface area (Å²) in [6.07, 6.45) is 2.17. The normalized spacial score (nSPS) is 21.5. The predicted octanol–water partition coefficient (Wildman–Crippen LogP) is 4.97. The average molecular weight is 536 g/mol. The monoisotopic (exact) mass is 535 g/mol. The van der Waals surface area contributed by atoms with Crippen LogP contribution < -0.4 is 5.56 Å². The van der Waals surface area contributed by atoms with Crippen LogP contribution in [0.1, 0.15) is 41.8 Å². The highest BCUT2D eigenvalue weighted by Crippen LogP contribution is 2.60. The Balaban J connectivity index is 1.29. The maximum Gasteiger partial charge on any atom is 0.251 e. The zero-order valence-corrected chi connectivity index (χ0v) is 20.5. The van der Waals surface area contributed by atoms with Gasteiger partial charge in [0, 0.05) is 52.2 Å². The van der Waals surface area contributed by atoms with Crippen molar-refractivity contribution in [1.82, 2.24) is 29.8 Å². The smallest absolute Gasteiger partial charge is 0.251 e. The zero-order valence-electron chi connectivity index (χ0n) is 19.7. The second-order valence-corrected chi connectivity index (χ2v) is 10.1. The Labute approximate surface area is 218 Å². The molecular weight excluding hydrogens is 519 g/mol. The van der Waals surface area contributed by atoms with E-state index >= 15 is 4.39 Å². The van der Waals surface area contributed by atoms with Crippen molar-refractivity contribution in [2.45, 2.75) is 31.7 Å². The molecule has 4 aromatic rings. The van der Waals surface area contributed by atoms with Crippen molar-refractivity contribution in [3.8, 4) is 16.8 Å². The van der Waals surface area contributed by atoms with Crippen LogP contribution >= 0.6 is 11.6 Å². The van der Waals surface area contributed by atoms with E-state index in [9.17, 15) is 13.6 Å². The number of aromatic nitrogens is 6. The first-order valence-corrected chi connectivity index (χ1v) is 12.3. The van der Waals surface area contributed by atoms with Crippen molar-refractivity contribution in [2.24, 2.45) is 10.9 Å². The van der Waals surface area contributed by atoms with E-state index in [1.165, 1.54) is 29.2 Å². The van der Waals surface area contributed by atoms with E-state index in [0.717, 1.165) is 6.42 Å². The summed E-state index contributed by atoms with van der Waals surface area (Å²) < 4.78 is 47.7. The molecule has 5 heterocycles. The third kappa shape index (κ3) is 3.38. The first-order valence-electron chi connectivity index (χ1n) is 11.9. The van der Waals surface area contributed by atoms with Gasteiger partial charge < -0.3 is 4.57 Å². The van der Waals surface area contributed by atoms with Crippen LogP contribution in [0.4, 0.5) is 13.2 Å². The summed E-state index contributed by atoms with van der Waals surface area (Å²) >= 11 is 6.09. The Morgan fingerprint density at radius 1 is 1.11 bits per heavy atom. The molecule has 190 valence electrons. The minimum Gasteiger partial charge on any atom is -0.303 e. The second-order valence-electron chi connectivity index (χ2n) is 9.68. The molecule has 12 heteroatoms. The van der Waals surface area contributed by atoms with Gasteiger partial charge >= 0.3 is 0 Å². The standard InChI is InChI=1S/C26H17ClF3N7O/c1-11-2-3-13(25(29)32-11)16-9-18(33-26(16)30)24-15-8-14(15)20-6-12(7-21(38)37(20)24)22-19(36-10-31-34-35-36)5-4-17(27)23(22)28/h2-7,10,14-15,24H,8-9H2,1H3. The summed E-state index contributed by atoms with van der Waals surface area (Å²) in [5.41, 5.74) is 2.22. The van der Waals surface area contributed by atoms with Crippen molar-refractivity contribution >= 4 is 22.9 Å². The molecule has 7 rings (SSSR count). The van der Waals surface area contributed by atoms with Crippen molar-refractivity contribution < 1.29 is 13.2 Å². The van der Waals surface area contributed by atoms with Gasteiger partial charge in [0.05, 0.1) is 16.8 Å². The van der Waals surface area contributed by atoms with Crippen LogP contribution in [0.5, 0.6) is 0 Å². The summed E-state index contributed by atoms with van der Waals surface area (Å²) in [5, 5.41) is 11.0. The number of rotatable bonds is 4. The fourth-order valence-electron chi connectivity index (χ4n) is 5.71. The van der Waals surface area contributed by atoms with Crippen LogP contribution in [-0.2, 0) is 0 Å². The molecule has 3 aromatic heterocycles. The highest BCUT2D eigenvalue weighted by molar-refractivity contribution is 6.31. The zero-order chi connectivity index (χ0) is 26.3. The van der Waals surface area contributed by atoms with Crippen LogP contribution in [-0.4, -0.2) is 35.5 Å². The molecule has 0 radical (unpaired) electrons. The lowest BCUT2D eigenvalue weighted by atomic mass is 9.98. The molecule has 3 atom stereocenters. The number of benzene rings is 1. The van der Waals surface area contributed by atoms with Gasteiger partial charge in [-0.1, -0.05) is 11.6 Å². The first kappa shape index (κ1) is 23.0. The Kier molecular flexibility index (Phi) is 4.96. The van der Waals surface area contributed by atoms with E-state index < -0.39 is 23.8 Å². The van der Waals surface area contributed by atoms with E-state index in [1.807, 2.05) is 0 Å². The SMILES string of the molecule is Cc1ccc(C2=C(F)N=C(C3C4CC4c4cc(-c5c(-n6cnnn6)ccc(Cl)c5F)cc(=O)n43)C2)c(F)n1. The van der Waals surface area contributed by atoms with Crippen molar-refractivity contribution in [2.75, 3.05) is 0 Å².